The monoisotopic (exact) mass is 434 g/mol. The molecule has 0 radical (unpaired) electrons. The third-order valence-electron chi connectivity index (χ3n) is 4.52. The second kappa shape index (κ2) is 12.4. The summed E-state index contributed by atoms with van der Waals surface area (Å²) in [6.45, 7) is 0.657. The molecular formula is C25H26N2O3S. The van der Waals surface area contributed by atoms with Crippen LogP contribution in [0.5, 0.6) is 0 Å². The molecule has 2 N–H and O–H groups in total. The minimum atomic E-state index is -0.715. The van der Waals surface area contributed by atoms with Gasteiger partial charge in [-0.05, 0) is 23.3 Å². The van der Waals surface area contributed by atoms with E-state index in [1.807, 2.05) is 91.0 Å². The first-order chi connectivity index (χ1) is 15.2. The van der Waals surface area contributed by atoms with Gasteiger partial charge in [-0.15, -0.1) is 11.8 Å². The number of thioether (sulfide) groups is 1. The molecule has 160 valence electrons. The normalized spacial score (nSPS) is 11.4. The van der Waals surface area contributed by atoms with Crippen LogP contribution in [0.3, 0.4) is 0 Å². The molecule has 0 spiro atoms. The van der Waals surface area contributed by atoms with E-state index in [1.165, 1.54) is 0 Å². The maximum absolute atomic E-state index is 12.8. The van der Waals surface area contributed by atoms with Crippen LogP contribution in [0.25, 0.3) is 0 Å². The van der Waals surface area contributed by atoms with Gasteiger partial charge in [0.2, 0.25) is 5.91 Å². The van der Waals surface area contributed by atoms with Gasteiger partial charge in [-0.3, -0.25) is 4.79 Å². The molecule has 0 unspecified atom stereocenters. The molecule has 3 rings (SSSR count). The molecule has 0 aliphatic rings. The van der Waals surface area contributed by atoms with Gasteiger partial charge in [-0.25, -0.2) is 4.79 Å². The zero-order valence-electron chi connectivity index (χ0n) is 17.2. The Kier molecular flexibility index (Phi) is 9.01. The summed E-state index contributed by atoms with van der Waals surface area (Å²) >= 11 is 1.67. The average molecular weight is 435 g/mol. The summed E-state index contributed by atoms with van der Waals surface area (Å²) < 4.78 is 5.30. The van der Waals surface area contributed by atoms with Gasteiger partial charge in [0.05, 0.1) is 0 Å². The van der Waals surface area contributed by atoms with Gasteiger partial charge in [0.15, 0.2) is 0 Å². The number of benzene rings is 3. The van der Waals surface area contributed by atoms with Gasteiger partial charge in [0.25, 0.3) is 0 Å². The first-order valence-electron chi connectivity index (χ1n) is 10.2. The van der Waals surface area contributed by atoms with Crippen molar-refractivity contribution in [1.82, 2.24) is 10.6 Å². The van der Waals surface area contributed by atoms with E-state index in [9.17, 15) is 9.59 Å². The molecule has 1 atom stereocenters. The quantitative estimate of drug-likeness (QED) is 0.366. The van der Waals surface area contributed by atoms with Crippen LogP contribution in [0.15, 0.2) is 95.9 Å². The maximum atomic E-state index is 12.8. The summed E-state index contributed by atoms with van der Waals surface area (Å²) in [5.74, 6) is 0.515. The topological polar surface area (TPSA) is 67.4 Å². The van der Waals surface area contributed by atoms with Crippen molar-refractivity contribution in [2.45, 2.75) is 24.0 Å². The van der Waals surface area contributed by atoms with Crippen LogP contribution in [0.4, 0.5) is 4.79 Å². The molecule has 3 aromatic rings. The number of amides is 2. The highest BCUT2D eigenvalue weighted by atomic mass is 32.2. The van der Waals surface area contributed by atoms with Crippen LogP contribution in [0.2, 0.25) is 0 Å². The Hall–Kier alpha value is -3.25. The van der Waals surface area contributed by atoms with Crippen LogP contribution in [0.1, 0.15) is 11.1 Å². The number of carbonyl (C=O) groups excluding carboxylic acids is 2. The van der Waals surface area contributed by atoms with Crippen LogP contribution in [-0.2, 0) is 22.6 Å². The highest BCUT2D eigenvalue weighted by Gasteiger charge is 2.21. The van der Waals surface area contributed by atoms with Crippen molar-refractivity contribution in [1.29, 1.82) is 0 Å². The van der Waals surface area contributed by atoms with Crippen molar-refractivity contribution in [3.8, 4) is 0 Å². The maximum Gasteiger partial charge on any atom is 0.408 e. The molecule has 0 aromatic heterocycles. The van der Waals surface area contributed by atoms with Crippen molar-refractivity contribution in [2.75, 3.05) is 12.3 Å². The number of carbonyl (C=O) groups is 2. The van der Waals surface area contributed by atoms with Gasteiger partial charge in [0.1, 0.15) is 12.6 Å². The second-order valence-electron chi connectivity index (χ2n) is 6.90. The Balaban J connectivity index is 1.52. The number of nitrogens with one attached hydrogen (secondary N) is 2. The smallest absolute Gasteiger partial charge is 0.408 e. The fourth-order valence-electron chi connectivity index (χ4n) is 2.95. The van der Waals surface area contributed by atoms with Crippen LogP contribution < -0.4 is 10.6 Å². The Morgan fingerprint density at radius 3 is 2.03 bits per heavy atom. The van der Waals surface area contributed by atoms with E-state index in [-0.39, 0.29) is 12.5 Å². The van der Waals surface area contributed by atoms with Gasteiger partial charge in [0, 0.05) is 23.6 Å². The van der Waals surface area contributed by atoms with Gasteiger partial charge in [-0.2, -0.15) is 0 Å². The number of rotatable bonds is 10. The summed E-state index contributed by atoms with van der Waals surface area (Å²) in [6.07, 6.45) is -0.225. The highest BCUT2D eigenvalue weighted by molar-refractivity contribution is 7.99. The fourth-order valence-corrected chi connectivity index (χ4v) is 3.74. The molecule has 31 heavy (non-hydrogen) atoms. The lowest BCUT2D eigenvalue weighted by atomic mass is 10.1. The zero-order chi connectivity index (χ0) is 21.7. The molecule has 3 aromatic carbocycles. The van der Waals surface area contributed by atoms with Crippen molar-refractivity contribution >= 4 is 23.8 Å². The molecule has 0 saturated heterocycles. The first-order valence-corrected chi connectivity index (χ1v) is 11.2. The second-order valence-corrected chi connectivity index (χ2v) is 8.07. The van der Waals surface area contributed by atoms with E-state index in [0.717, 1.165) is 21.8 Å². The van der Waals surface area contributed by atoms with E-state index in [0.29, 0.717) is 13.0 Å². The predicted octanol–water partition coefficient (Wildman–Crippen LogP) is 4.43. The first kappa shape index (κ1) is 22.4. The van der Waals surface area contributed by atoms with Crippen LogP contribution >= 0.6 is 11.8 Å². The molecule has 0 heterocycles. The summed E-state index contributed by atoms with van der Waals surface area (Å²) in [5.41, 5.74) is 1.85. The lowest BCUT2D eigenvalue weighted by Gasteiger charge is -2.18. The van der Waals surface area contributed by atoms with E-state index < -0.39 is 12.1 Å². The van der Waals surface area contributed by atoms with Gasteiger partial charge >= 0.3 is 6.09 Å². The molecule has 0 bridgehead atoms. The minimum Gasteiger partial charge on any atom is -0.445 e. The van der Waals surface area contributed by atoms with E-state index in [4.69, 9.17) is 4.74 Å². The van der Waals surface area contributed by atoms with Crippen molar-refractivity contribution in [2.24, 2.45) is 0 Å². The zero-order valence-corrected chi connectivity index (χ0v) is 18.0. The standard InChI is InChI=1S/C25H26N2O3S/c28-24(26-16-17-31-22-14-8-3-9-15-22)23(18-20-10-4-1-5-11-20)27-25(29)30-19-21-12-6-2-7-13-21/h1-15,23H,16-19H2,(H,26,28)(H,27,29)/t23-/m1/s1. The van der Waals surface area contributed by atoms with Crippen molar-refractivity contribution < 1.29 is 14.3 Å². The Morgan fingerprint density at radius 2 is 1.39 bits per heavy atom. The summed E-state index contributed by atoms with van der Waals surface area (Å²) in [5, 5.41) is 5.64. The number of ether oxygens (including phenoxy) is 1. The van der Waals surface area contributed by atoms with Crippen LogP contribution in [0, 0.1) is 0 Å². The van der Waals surface area contributed by atoms with Gasteiger partial charge in [-0.1, -0.05) is 78.9 Å². The summed E-state index contributed by atoms with van der Waals surface area (Å²) in [6, 6.07) is 28.3. The Labute approximate surface area is 187 Å². The fraction of sp³-hybridized carbons (Fsp3) is 0.200. The molecule has 5 nitrogen and oxygen atoms in total. The highest BCUT2D eigenvalue weighted by Crippen LogP contribution is 2.15. The molecule has 2 amide bonds. The Bertz CT molecular complexity index is 937. The van der Waals surface area contributed by atoms with Crippen molar-refractivity contribution in [3.05, 3.63) is 102 Å². The molecule has 6 heteroatoms. The third-order valence-corrected chi connectivity index (χ3v) is 5.53. The lowest BCUT2D eigenvalue weighted by Crippen LogP contribution is -2.48. The predicted molar refractivity (Wildman–Crippen MR) is 124 cm³/mol. The number of hydrogen-bond donors (Lipinski definition) is 2. The summed E-state index contributed by atoms with van der Waals surface area (Å²) in [4.78, 5) is 26.2. The molecule has 0 saturated carbocycles. The molecule has 0 fully saturated rings. The number of hydrogen-bond acceptors (Lipinski definition) is 4. The number of alkyl carbamates (subject to hydrolysis) is 1. The van der Waals surface area contributed by atoms with Crippen LogP contribution in [-0.4, -0.2) is 30.3 Å². The third kappa shape index (κ3) is 8.18. The largest absolute Gasteiger partial charge is 0.445 e. The van der Waals surface area contributed by atoms with E-state index >= 15 is 0 Å². The van der Waals surface area contributed by atoms with E-state index in [1.54, 1.807) is 11.8 Å². The minimum absolute atomic E-state index is 0.153. The Morgan fingerprint density at radius 1 is 0.806 bits per heavy atom. The summed E-state index contributed by atoms with van der Waals surface area (Å²) in [7, 11) is 0. The van der Waals surface area contributed by atoms with E-state index in [2.05, 4.69) is 10.6 Å². The molecule has 0 aliphatic carbocycles. The lowest BCUT2D eigenvalue weighted by molar-refractivity contribution is -0.122. The SMILES string of the molecule is O=C(N[C@H](Cc1ccccc1)C(=O)NCCSc1ccccc1)OCc1ccccc1. The molecular weight excluding hydrogens is 408 g/mol. The average Bonchev–Trinajstić information content (AvgIpc) is 2.82. The van der Waals surface area contributed by atoms with Crippen molar-refractivity contribution in [3.63, 3.8) is 0 Å². The molecule has 0 aliphatic heterocycles. The van der Waals surface area contributed by atoms with Gasteiger partial charge < -0.3 is 15.4 Å².